The summed E-state index contributed by atoms with van der Waals surface area (Å²) in [5.41, 5.74) is 15.7. The second-order valence-electron chi connectivity index (χ2n) is 15.7. The van der Waals surface area contributed by atoms with E-state index in [9.17, 15) is 0 Å². The first kappa shape index (κ1) is 37.5. The fourth-order valence-corrected chi connectivity index (χ4v) is 37.0. The second-order valence-corrected chi connectivity index (χ2v) is 54.4. The molecule has 0 spiro atoms. The molecule has 274 valence electrons. The zero-order valence-corrected chi connectivity index (χ0v) is 37.5. The average molecular weight is 847 g/mol. The van der Waals surface area contributed by atoms with Gasteiger partial charge in [-0.15, -0.1) is 0 Å². The van der Waals surface area contributed by atoms with E-state index < -0.39 is 20.4 Å². The Balaban J connectivity index is 1.46. The van der Waals surface area contributed by atoms with E-state index in [0.29, 0.717) is 0 Å². The van der Waals surface area contributed by atoms with Crippen LogP contribution in [0.3, 0.4) is 0 Å². The third-order valence-corrected chi connectivity index (χ3v) is 58.4. The molecule has 2 unspecified atom stereocenters. The van der Waals surface area contributed by atoms with Crippen molar-refractivity contribution in [1.82, 2.24) is 0 Å². The van der Waals surface area contributed by atoms with Gasteiger partial charge in [0.25, 0.3) is 0 Å². The van der Waals surface area contributed by atoms with Crippen LogP contribution in [0, 0.1) is 27.7 Å². The fraction of sp³-hybridized carbons (Fsp3) is 0.250. The number of aryl methyl sites for hydroxylation is 6. The van der Waals surface area contributed by atoms with Crippen molar-refractivity contribution in [2.45, 2.75) is 74.7 Å². The van der Waals surface area contributed by atoms with Gasteiger partial charge < -0.3 is 0 Å². The number of fused-ring (bicyclic) bond motifs is 2. The molecule has 0 saturated carbocycles. The third kappa shape index (κ3) is 5.90. The molecule has 0 amide bonds. The van der Waals surface area contributed by atoms with Crippen molar-refractivity contribution in [2.24, 2.45) is 0 Å². The number of furan rings is 2. The molecular formula is C48H48Cl2O2SiZr. The Morgan fingerprint density at radius 2 is 1.00 bits per heavy atom. The summed E-state index contributed by atoms with van der Waals surface area (Å²) in [6.07, 6.45) is 6.70. The number of rotatable bonds is 8. The molecule has 2 aliphatic carbocycles. The van der Waals surface area contributed by atoms with E-state index in [-0.39, 0.29) is 7.25 Å². The van der Waals surface area contributed by atoms with Gasteiger partial charge >= 0.3 is 331 Å². The second kappa shape index (κ2) is 14.0. The number of hydrogen-bond donors (Lipinski definition) is 0. The summed E-state index contributed by atoms with van der Waals surface area (Å²) in [6, 6.07) is 35.5. The van der Waals surface area contributed by atoms with Crippen molar-refractivity contribution in [3.63, 3.8) is 0 Å². The number of hydrogen-bond acceptors (Lipinski definition) is 2. The van der Waals surface area contributed by atoms with E-state index in [2.05, 4.69) is 150 Å². The van der Waals surface area contributed by atoms with Gasteiger partial charge in [-0.2, -0.15) is 0 Å². The monoisotopic (exact) mass is 844 g/mol. The Kier molecular flexibility index (Phi) is 9.70. The minimum atomic E-state index is -5.35. The predicted molar refractivity (Wildman–Crippen MR) is 229 cm³/mol. The normalized spacial score (nSPS) is 16.6. The molecule has 6 aromatic rings. The van der Waals surface area contributed by atoms with E-state index >= 15 is 0 Å². The van der Waals surface area contributed by atoms with Gasteiger partial charge in [-0.05, 0) is 0 Å². The van der Waals surface area contributed by atoms with Gasteiger partial charge in [-0.25, -0.2) is 0 Å². The summed E-state index contributed by atoms with van der Waals surface area (Å²) in [5.74, 6) is 3.45. The molecule has 54 heavy (non-hydrogen) atoms. The van der Waals surface area contributed by atoms with Crippen LogP contribution in [-0.4, -0.2) is 5.43 Å². The van der Waals surface area contributed by atoms with E-state index in [0.717, 1.165) is 47.0 Å². The molecule has 6 heteroatoms. The molecule has 0 fully saturated rings. The van der Waals surface area contributed by atoms with Crippen LogP contribution in [-0.2, 0) is 27.9 Å². The third-order valence-electron chi connectivity index (χ3n) is 12.1. The molecule has 2 aromatic heterocycles. The van der Waals surface area contributed by atoms with Gasteiger partial charge in [0.1, 0.15) is 0 Å². The first-order valence-corrected chi connectivity index (χ1v) is 34.6. The van der Waals surface area contributed by atoms with Gasteiger partial charge in [-0.3, -0.25) is 0 Å². The van der Waals surface area contributed by atoms with E-state index in [1.165, 1.54) is 66.8 Å². The predicted octanol–water partition coefficient (Wildman–Crippen LogP) is 14.7. The van der Waals surface area contributed by atoms with Crippen molar-refractivity contribution >= 4 is 45.8 Å². The van der Waals surface area contributed by atoms with E-state index in [1.807, 2.05) is 13.8 Å². The van der Waals surface area contributed by atoms with Crippen molar-refractivity contribution in [3.8, 4) is 22.3 Å². The molecule has 8 rings (SSSR count). The van der Waals surface area contributed by atoms with Crippen LogP contribution in [0.4, 0.5) is 0 Å². The molecule has 4 aromatic carbocycles. The first-order chi connectivity index (χ1) is 25.8. The topological polar surface area (TPSA) is 26.3 Å². The van der Waals surface area contributed by atoms with Crippen LogP contribution < -0.4 is 0 Å². The zero-order chi connectivity index (χ0) is 38.1. The Labute approximate surface area is 328 Å². The van der Waals surface area contributed by atoms with Crippen molar-refractivity contribution in [3.05, 3.63) is 165 Å². The summed E-state index contributed by atoms with van der Waals surface area (Å²) in [6.45, 7) is 17.6. The SMILES string of the molecule is CCc1cccc(-c2c(C)ccc3c2C=C(c2ccc(C)o2)[CH]3[Zr]([Cl])([Cl])([CH]2C(c3ccc(C)o3)=Cc3c2ccc(C)c3-c2cccc(CC)c2)=[Si](C)C)c1. The summed E-state index contributed by atoms with van der Waals surface area (Å²) >= 11 is -5.35. The standard InChI is InChI=1S/2C23H21O.C2H6Si.2ClH.Zr/c2*1-4-17-6-5-7-19(12-17)23-15(2)8-10-18-13-20(14-21(18)23)22-11-9-16(3)24-22;1-3-2;;;/h2*5-14H,4H2,1-3H3;1-2H3;2*1H;/q;;;;;+2/p-2. The maximum atomic E-state index is 8.93. The van der Waals surface area contributed by atoms with Crippen LogP contribution in [0.2, 0.25) is 13.1 Å². The van der Waals surface area contributed by atoms with E-state index in [1.54, 1.807) is 0 Å². The fourth-order valence-electron chi connectivity index (χ4n) is 9.27. The van der Waals surface area contributed by atoms with E-state index in [4.69, 9.17) is 25.9 Å². The molecule has 0 N–H and O–H groups in total. The Morgan fingerprint density at radius 3 is 1.35 bits per heavy atom. The van der Waals surface area contributed by atoms with Gasteiger partial charge in [0.05, 0.1) is 0 Å². The van der Waals surface area contributed by atoms with Crippen LogP contribution in [0.5, 0.6) is 0 Å². The summed E-state index contributed by atoms with van der Waals surface area (Å²) in [7, 11) is 17.9. The average Bonchev–Trinajstić information content (AvgIpc) is 3.96. The van der Waals surface area contributed by atoms with Crippen LogP contribution >= 0.6 is 17.0 Å². The molecule has 0 radical (unpaired) electrons. The first-order valence-electron chi connectivity index (χ1n) is 19.2. The molecule has 0 aliphatic heterocycles. The minimum absolute atomic E-state index is 0.212. The Bertz CT molecular complexity index is 2450. The number of halogens is 2. The van der Waals surface area contributed by atoms with Crippen LogP contribution in [0.15, 0.2) is 106 Å². The van der Waals surface area contributed by atoms with Crippen molar-refractivity contribution in [2.75, 3.05) is 0 Å². The Hall–Kier alpha value is -3.40. The summed E-state index contributed by atoms with van der Waals surface area (Å²) in [4.78, 5) is 0. The van der Waals surface area contributed by atoms with Crippen LogP contribution in [0.25, 0.3) is 45.6 Å². The van der Waals surface area contributed by atoms with Gasteiger partial charge in [0.15, 0.2) is 0 Å². The summed E-state index contributed by atoms with van der Waals surface area (Å²) < 4.78 is 12.7. The molecule has 2 aliphatic rings. The van der Waals surface area contributed by atoms with Gasteiger partial charge in [0.2, 0.25) is 0 Å². The molecule has 0 bridgehead atoms. The Morgan fingerprint density at radius 1 is 0.574 bits per heavy atom. The maximum absolute atomic E-state index is 8.93. The van der Waals surface area contributed by atoms with Gasteiger partial charge in [0, 0.05) is 0 Å². The number of benzene rings is 4. The quantitative estimate of drug-likeness (QED) is 0.143. The summed E-state index contributed by atoms with van der Waals surface area (Å²) in [5, 5.41) is 0. The molecule has 2 nitrogen and oxygen atoms in total. The molecular weight excluding hydrogens is 799 g/mol. The zero-order valence-electron chi connectivity index (χ0n) is 32.5. The van der Waals surface area contributed by atoms with Crippen LogP contribution in [0.1, 0.15) is 88.6 Å². The molecule has 2 heterocycles. The molecule has 2 atom stereocenters. The number of allylic oxidation sites excluding steroid dienone is 2. The van der Waals surface area contributed by atoms with Crippen molar-refractivity contribution < 1.29 is 23.8 Å². The van der Waals surface area contributed by atoms with Crippen molar-refractivity contribution in [1.29, 1.82) is 0 Å². The molecule has 0 saturated heterocycles. The van der Waals surface area contributed by atoms with Gasteiger partial charge in [-0.1, -0.05) is 0 Å².